The van der Waals surface area contributed by atoms with Gasteiger partial charge in [0, 0.05) is 18.6 Å². The molecule has 0 aromatic heterocycles. The largest absolute Gasteiger partial charge is 0.508 e. The number of primary amides is 1. The molecule has 4 aromatic rings. The molecule has 406 valence electrons. The monoisotopic (exact) mass is 1070 g/mol. The number of rotatable bonds is 30. The number of unbranched alkanes of at least 4 members (excludes halogenated alkanes) is 1. The van der Waals surface area contributed by atoms with Gasteiger partial charge in [0.05, 0.1) is 18.7 Å². The molecule has 1 unspecified atom stereocenters. The standard InChI is InChI=1S/C52H70N10O11S2/c1-29(2)44(52(73)56-27-43(66)61-45(30(3)63)46(55)67)62-48(69)39(11-7-8-22-53)57-49(70)40(25-31-13-18-36(64)19-14-31)58-50(71)41(26-32-15-20-37(65)21-16-32)59-51(72)42(28-75-74-4)60-47(68)38(54)24-33-12-17-34-9-5-6-10-35(34)23-33/h5-6,9-10,12-21,23,29-30,38-42,44-45,63-65H,7-8,11,22,24-28,53-54H2,1-4H3,(H2,55,67)(H,56,73)(H,57,70)(H,58,71)(H,59,72)(H,60,68)(H,61,66)(H,62,69)/t30?,38-,39+,40-,41+,42+,44+,45+/m1/s1. The summed E-state index contributed by atoms with van der Waals surface area (Å²) in [5, 5.41) is 50.2. The van der Waals surface area contributed by atoms with Gasteiger partial charge in [-0.1, -0.05) is 102 Å². The van der Waals surface area contributed by atoms with Gasteiger partial charge in [-0.05, 0) is 103 Å². The predicted molar refractivity (Wildman–Crippen MR) is 288 cm³/mol. The number of nitrogens with one attached hydrogen (secondary N) is 7. The Bertz CT molecular complexity index is 2570. The number of phenolic OH excluding ortho intramolecular Hbond substituents is 2. The van der Waals surface area contributed by atoms with Gasteiger partial charge in [0.25, 0.3) is 0 Å². The van der Waals surface area contributed by atoms with Crippen LogP contribution < -0.4 is 54.4 Å². The third kappa shape index (κ3) is 20.0. The summed E-state index contributed by atoms with van der Waals surface area (Å²) < 4.78 is 0. The Balaban J connectivity index is 1.59. The second-order valence-corrected chi connectivity index (χ2v) is 21.0. The summed E-state index contributed by atoms with van der Waals surface area (Å²) in [6.07, 6.45) is 1.21. The first-order chi connectivity index (χ1) is 35.7. The number of fused-ring (bicyclic) bond motifs is 1. The first-order valence-electron chi connectivity index (χ1n) is 24.4. The third-order valence-electron chi connectivity index (χ3n) is 12.0. The average Bonchev–Trinajstić information content (AvgIpc) is 3.37. The van der Waals surface area contributed by atoms with Crippen molar-refractivity contribution < 1.29 is 53.7 Å². The molecule has 16 N–H and O–H groups in total. The van der Waals surface area contributed by atoms with Gasteiger partial charge in [-0.15, -0.1) is 0 Å². The Morgan fingerprint density at radius 3 is 1.60 bits per heavy atom. The summed E-state index contributed by atoms with van der Waals surface area (Å²) in [4.78, 5) is 109. The van der Waals surface area contributed by atoms with Gasteiger partial charge in [0.15, 0.2) is 0 Å². The van der Waals surface area contributed by atoms with Gasteiger partial charge in [-0.3, -0.25) is 38.4 Å². The molecule has 8 amide bonds. The van der Waals surface area contributed by atoms with Crippen LogP contribution in [0.15, 0.2) is 91.0 Å². The van der Waals surface area contributed by atoms with Crippen LogP contribution in [0.1, 0.15) is 56.7 Å². The average molecular weight is 1080 g/mol. The zero-order valence-electron chi connectivity index (χ0n) is 42.4. The van der Waals surface area contributed by atoms with E-state index in [0.717, 1.165) is 16.3 Å². The van der Waals surface area contributed by atoms with Crippen LogP contribution in [0.25, 0.3) is 10.8 Å². The molecule has 4 rings (SSSR count). The van der Waals surface area contributed by atoms with Crippen LogP contribution in [0, 0.1) is 5.92 Å². The molecule has 0 radical (unpaired) electrons. The number of aliphatic hydroxyl groups excluding tert-OH is 1. The Kier molecular flexibility index (Phi) is 24.6. The molecule has 0 spiro atoms. The van der Waals surface area contributed by atoms with E-state index >= 15 is 0 Å². The maximum atomic E-state index is 14.6. The summed E-state index contributed by atoms with van der Waals surface area (Å²) in [6, 6.07) is 16.3. The third-order valence-corrected chi connectivity index (χ3v) is 13.8. The van der Waals surface area contributed by atoms with E-state index < -0.39 is 108 Å². The molecule has 8 atom stereocenters. The number of aliphatic hydroxyl groups is 1. The Morgan fingerprint density at radius 1 is 0.573 bits per heavy atom. The van der Waals surface area contributed by atoms with Crippen LogP contribution in [0.5, 0.6) is 11.5 Å². The molecule has 0 bridgehead atoms. The van der Waals surface area contributed by atoms with Crippen molar-refractivity contribution >= 4 is 79.6 Å². The van der Waals surface area contributed by atoms with Gasteiger partial charge in [-0.2, -0.15) is 0 Å². The number of hydrogen-bond acceptors (Lipinski definition) is 15. The van der Waals surface area contributed by atoms with E-state index in [4.69, 9.17) is 17.2 Å². The number of benzene rings is 4. The molecule has 4 aromatic carbocycles. The molecule has 0 aliphatic heterocycles. The fourth-order valence-electron chi connectivity index (χ4n) is 7.76. The summed E-state index contributed by atoms with van der Waals surface area (Å²) in [6.45, 7) is 4.16. The molecule has 0 heterocycles. The van der Waals surface area contributed by atoms with Crippen molar-refractivity contribution in [3.63, 3.8) is 0 Å². The second kappa shape index (κ2) is 30.4. The SMILES string of the molecule is CSSC[C@H](NC(=O)[C@H](N)Cc1ccc2ccccc2c1)C(=O)N[C@@H](Cc1ccc(O)cc1)C(=O)N[C@H](Cc1ccc(O)cc1)C(=O)N[C@@H](CCCCN)C(=O)N[C@H](C(=O)NCC(=O)N[C@H](C(N)=O)C(C)O)C(C)C. The second-order valence-electron chi connectivity index (χ2n) is 18.3. The maximum Gasteiger partial charge on any atom is 0.244 e. The number of aromatic hydroxyl groups is 2. The summed E-state index contributed by atoms with van der Waals surface area (Å²) in [5.41, 5.74) is 19.3. The van der Waals surface area contributed by atoms with Crippen molar-refractivity contribution in [2.45, 2.75) is 108 Å². The quantitative estimate of drug-likeness (QED) is 0.0247. The van der Waals surface area contributed by atoms with Crippen molar-refractivity contribution in [2.75, 3.05) is 25.1 Å². The Morgan fingerprint density at radius 2 is 1.08 bits per heavy atom. The van der Waals surface area contributed by atoms with Crippen LogP contribution >= 0.6 is 21.6 Å². The van der Waals surface area contributed by atoms with Crippen molar-refractivity contribution in [2.24, 2.45) is 23.1 Å². The van der Waals surface area contributed by atoms with Crippen LogP contribution in [0.3, 0.4) is 0 Å². The van der Waals surface area contributed by atoms with Gasteiger partial charge in [0.1, 0.15) is 47.8 Å². The normalized spacial score (nSPS) is 14.4. The lowest BCUT2D eigenvalue weighted by molar-refractivity contribution is -0.135. The minimum atomic E-state index is -1.42. The number of amides is 8. The van der Waals surface area contributed by atoms with E-state index in [-0.39, 0.29) is 49.5 Å². The molecule has 0 saturated heterocycles. The van der Waals surface area contributed by atoms with Crippen molar-refractivity contribution in [3.05, 3.63) is 108 Å². The predicted octanol–water partition coefficient (Wildman–Crippen LogP) is 0.294. The fraction of sp³-hybridized carbons (Fsp3) is 0.423. The molecule has 0 fully saturated rings. The van der Waals surface area contributed by atoms with Crippen LogP contribution in [-0.2, 0) is 57.6 Å². The lowest BCUT2D eigenvalue weighted by Gasteiger charge is -2.28. The molecule has 75 heavy (non-hydrogen) atoms. The summed E-state index contributed by atoms with van der Waals surface area (Å²) in [5.74, 6) is -6.93. The minimum Gasteiger partial charge on any atom is -0.508 e. The lowest BCUT2D eigenvalue weighted by Crippen LogP contribution is -2.61. The highest BCUT2D eigenvalue weighted by Gasteiger charge is 2.34. The number of hydrogen-bond donors (Lipinski definition) is 13. The van der Waals surface area contributed by atoms with E-state index in [1.54, 1.807) is 32.2 Å². The van der Waals surface area contributed by atoms with E-state index in [9.17, 15) is 53.7 Å². The van der Waals surface area contributed by atoms with Crippen molar-refractivity contribution in [1.29, 1.82) is 0 Å². The Labute approximate surface area is 443 Å². The highest BCUT2D eigenvalue weighted by atomic mass is 33.1. The first-order valence-corrected chi connectivity index (χ1v) is 27.1. The first kappa shape index (κ1) is 60.6. The van der Waals surface area contributed by atoms with Crippen molar-refractivity contribution in [3.8, 4) is 11.5 Å². The molecular weight excluding hydrogens is 1000 g/mol. The van der Waals surface area contributed by atoms with Crippen molar-refractivity contribution in [1.82, 2.24) is 37.2 Å². The molecular formula is C52H70N10O11S2. The lowest BCUT2D eigenvalue weighted by atomic mass is 10.00. The zero-order chi connectivity index (χ0) is 55.2. The van der Waals surface area contributed by atoms with E-state index in [0.29, 0.717) is 24.0 Å². The van der Waals surface area contributed by atoms with E-state index in [2.05, 4.69) is 37.2 Å². The number of carbonyl (C=O) groups is 8. The summed E-state index contributed by atoms with van der Waals surface area (Å²) >= 11 is 0. The number of phenols is 2. The maximum absolute atomic E-state index is 14.6. The van der Waals surface area contributed by atoms with Gasteiger partial charge < -0.3 is 69.7 Å². The molecule has 23 heteroatoms. The van der Waals surface area contributed by atoms with Gasteiger partial charge in [-0.25, -0.2) is 0 Å². The van der Waals surface area contributed by atoms with Gasteiger partial charge in [0.2, 0.25) is 47.3 Å². The molecule has 0 aliphatic carbocycles. The topological polar surface area (TPSA) is 360 Å². The zero-order valence-corrected chi connectivity index (χ0v) is 44.0. The molecule has 21 nitrogen and oxygen atoms in total. The molecule has 0 aliphatic rings. The van der Waals surface area contributed by atoms with Crippen LogP contribution in [-0.4, -0.2) is 136 Å². The fourth-order valence-corrected chi connectivity index (χ4v) is 9.09. The molecule has 0 saturated carbocycles. The van der Waals surface area contributed by atoms with Crippen LogP contribution in [0.2, 0.25) is 0 Å². The Hall–Kier alpha value is -6.92. The number of carbonyl (C=O) groups excluding carboxylic acids is 8. The smallest absolute Gasteiger partial charge is 0.244 e. The summed E-state index contributed by atoms with van der Waals surface area (Å²) in [7, 11) is 2.65. The van der Waals surface area contributed by atoms with E-state index in [1.165, 1.54) is 64.9 Å². The van der Waals surface area contributed by atoms with Gasteiger partial charge >= 0.3 is 0 Å². The van der Waals surface area contributed by atoms with Crippen LogP contribution in [0.4, 0.5) is 0 Å². The number of nitrogens with two attached hydrogens (primary N) is 3. The minimum absolute atomic E-state index is 0.0456. The van der Waals surface area contributed by atoms with E-state index in [1.807, 2.05) is 42.5 Å². The highest BCUT2D eigenvalue weighted by molar-refractivity contribution is 8.76. The highest BCUT2D eigenvalue weighted by Crippen LogP contribution is 2.20.